The summed E-state index contributed by atoms with van der Waals surface area (Å²) in [7, 11) is 0. The first-order valence-corrected chi connectivity index (χ1v) is 7.89. The predicted molar refractivity (Wildman–Crippen MR) is 87.9 cm³/mol. The molecule has 0 aromatic heterocycles. The molecular weight excluding hydrogens is 290 g/mol. The van der Waals surface area contributed by atoms with Gasteiger partial charge < -0.3 is 14.7 Å². The quantitative estimate of drug-likeness (QED) is 0.939. The molecule has 0 spiro atoms. The number of rotatable bonds is 4. The Bertz CT molecular complexity index is 638. The monoisotopic (exact) mass is 311 g/mol. The summed E-state index contributed by atoms with van der Waals surface area (Å²) >= 11 is 0. The van der Waals surface area contributed by atoms with Crippen molar-refractivity contribution in [1.29, 1.82) is 0 Å². The van der Waals surface area contributed by atoms with Gasteiger partial charge in [-0.2, -0.15) is 0 Å². The summed E-state index contributed by atoms with van der Waals surface area (Å²) in [5.74, 6) is -0.254. The lowest BCUT2D eigenvalue weighted by Crippen LogP contribution is -2.52. The smallest absolute Gasteiger partial charge is 0.259 e. The van der Waals surface area contributed by atoms with Crippen LogP contribution in [-0.2, 0) is 21.6 Å². The van der Waals surface area contributed by atoms with Crippen molar-refractivity contribution >= 4 is 5.91 Å². The SMILES string of the molecule is O=C(N1CCOCC1)C(O)(Cc1ccccc1)c1ccccc1. The van der Waals surface area contributed by atoms with Gasteiger partial charge in [-0.05, 0) is 11.1 Å². The van der Waals surface area contributed by atoms with Gasteiger partial charge in [-0.3, -0.25) is 4.79 Å². The molecule has 1 amide bonds. The van der Waals surface area contributed by atoms with Crippen LogP contribution in [0.4, 0.5) is 0 Å². The molecule has 2 aromatic carbocycles. The highest BCUT2D eigenvalue weighted by molar-refractivity contribution is 5.87. The van der Waals surface area contributed by atoms with Crippen molar-refractivity contribution in [2.45, 2.75) is 12.0 Å². The van der Waals surface area contributed by atoms with Gasteiger partial charge >= 0.3 is 0 Å². The highest BCUT2D eigenvalue weighted by Crippen LogP contribution is 2.28. The first kappa shape index (κ1) is 15.7. The summed E-state index contributed by atoms with van der Waals surface area (Å²) in [6, 6.07) is 18.8. The number of benzene rings is 2. The number of carbonyl (C=O) groups excluding carboxylic acids is 1. The molecule has 0 aliphatic carbocycles. The van der Waals surface area contributed by atoms with E-state index in [2.05, 4.69) is 0 Å². The molecule has 4 nitrogen and oxygen atoms in total. The number of amides is 1. The molecule has 23 heavy (non-hydrogen) atoms. The average Bonchev–Trinajstić information content (AvgIpc) is 2.63. The van der Waals surface area contributed by atoms with E-state index in [-0.39, 0.29) is 12.3 Å². The molecule has 0 bridgehead atoms. The second kappa shape index (κ2) is 6.94. The summed E-state index contributed by atoms with van der Waals surface area (Å²) in [5.41, 5.74) is 0.000701. The van der Waals surface area contributed by atoms with Crippen LogP contribution in [0.3, 0.4) is 0 Å². The summed E-state index contributed by atoms with van der Waals surface area (Å²) in [6.45, 7) is 2.06. The molecule has 1 unspecified atom stereocenters. The minimum absolute atomic E-state index is 0.254. The van der Waals surface area contributed by atoms with Crippen molar-refractivity contribution in [2.75, 3.05) is 26.3 Å². The van der Waals surface area contributed by atoms with E-state index in [1.807, 2.05) is 48.5 Å². The number of hydrogen-bond donors (Lipinski definition) is 1. The molecule has 120 valence electrons. The Labute approximate surface area is 136 Å². The van der Waals surface area contributed by atoms with Gasteiger partial charge in [0.25, 0.3) is 5.91 Å². The van der Waals surface area contributed by atoms with Crippen LogP contribution in [0.15, 0.2) is 60.7 Å². The Balaban J connectivity index is 1.94. The van der Waals surface area contributed by atoms with Crippen LogP contribution in [0, 0.1) is 0 Å². The van der Waals surface area contributed by atoms with Gasteiger partial charge in [0.1, 0.15) is 0 Å². The molecule has 0 saturated carbocycles. The average molecular weight is 311 g/mol. The number of carbonyl (C=O) groups is 1. The molecule has 4 heteroatoms. The summed E-state index contributed by atoms with van der Waals surface area (Å²) < 4.78 is 5.31. The Kier molecular flexibility index (Phi) is 4.74. The van der Waals surface area contributed by atoms with Gasteiger partial charge in [-0.15, -0.1) is 0 Å². The minimum Gasteiger partial charge on any atom is -0.378 e. The topological polar surface area (TPSA) is 49.8 Å². The lowest BCUT2D eigenvalue weighted by molar-refractivity contribution is -0.156. The maximum absolute atomic E-state index is 13.0. The first-order chi connectivity index (χ1) is 11.2. The van der Waals surface area contributed by atoms with Gasteiger partial charge in [0, 0.05) is 19.5 Å². The van der Waals surface area contributed by atoms with Gasteiger partial charge in [0.2, 0.25) is 0 Å². The van der Waals surface area contributed by atoms with E-state index in [4.69, 9.17) is 4.74 Å². The van der Waals surface area contributed by atoms with E-state index >= 15 is 0 Å². The number of nitrogens with zero attached hydrogens (tertiary/aromatic N) is 1. The van der Waals surface area contributed by atoms with Gasteiger partial charge in [-0.25, -0.2) is 0 Å². The van der Waals surface area contributed by atoms with E-state index in [9.17, 15) is 9.90 Å². The summed E-state index contributed by atoms with van der Waals surface area (Å²) in [6.07, 6.45) is 0.258. The molecule has 1 heterocycles. The largest absolute Gasteiger partial charge is 0.378 e. The minimum atomic E-state index is -1.56. The fourth-order valence-corrected chi connectivity index (χ4v) is 2.93. The zero-order valence-electron chi connectivity index (χ0n) is 13.0. The fraction of sp³-hybridized carbons (Fsp3) is 0.316. The second-order valence-corrected chi connectivity index (χ2v) is 5.79. The van der Waals surface area contributed by atoms with Gasteiger partial charge in [0.05, 0.1) is 13.2 Å². The lowest BCUT2D eigenvalue weighted by atomic mass is 9.85. The maximum atomic E-state index is 13.0. The maximum Gasteiger partial charge on any atom is 0.259 e. The van der Waals surface area contributed by atoms with Crippen LogP contribution in [0.5, 0.6) is 0 Å². The van der Waals surface area contributed by atoms with E-state index in [0.29, 0.717) is 31.9 Å². The molecule has 3 rings (SSSR count). The van der Waals surface area contributed by atoms with Gasteiger partial charge in [0.15, 0.2) is 5.60 Å². The Morgan fingerprint density at radius 3 is 2.17 bits per heavy atom. The predicted octanol–water partition coefficient (Wildman–Crippen LogP) is 1.98. The summed E-state index contributed by atoms with van der Waals surface area (Å²) in [5, 5.41) is 11.3. The Hall–Kier alpha value is -2.17. The second-order valence-electron chi connectivity index (χ2n) is 5.79. The van der Waals surface area contributed by atoms with Crippen LogP contribution < -0.4 is 0 Å². The standard InChI is InChI=1S/C19H21NO3/c21-18(20-11-13-23-14-12-20)19(22,17-9-5-2-6-10-17)15-16-7-3-1-4-8-16/h1-10,22H,11-15H2. The third kappa shape index (κ3) is 3.44. The Morgan fingerprint density at radius 2 is 1.57 bits per heavy atom. The Morgan fingerprint density at radius 1 is 1.00 bits per heavy atom. The van der Waals surface area contributed by atoms with Crippen LogP contribution in [0.1, 0.15) is 11.1 Å². The van der Waals surface area contributed by atoms with Crippen molar-refractivity contribution in [1.82, 2.24) is 4.90 Å². The molecule has 1 N–H and O–H groups in total. The van der Waals surface area contributed by atoms with Crippen LogP contribution >= 0.6 is 0 Å². The van der Waals surface area contributed by atoms with E-state index in [1.165, 1.54) is 0 Å². The van der Waals surface area contributed by atoms with E-state index in [1.54, 1.807) is 17.0 Å². The molecule has 0 radical (unpaired) electrons. The van der Waals surface area contributed by atoms with Crippen LogP contribution in [-0.4, -0.2) is 42.2 Å². The van der Waals surface area contributed by atoms with Crippen molar-refractivity contribution in [3.63, 3.8) is 0 Å². The fourth-order valence-electron chi connectivity index (χ4n) is 2.93. The molecule has 1 atom stereocenters. The van der Waals surface area contributed by atoms with Crippen LogP contribution in [0.25, 0.3) is 0 Å². The number of ether oxygens (including phenoxy) is 1. The summed E-state index contributed by atoms with van der Waals surface area (Å²) in [4.78, 5) is 14.7. The van der Waals surface area contributed by atoms with E-state index in [0.717, 1.165) is 5.56 Å². The zero-order chi connectivity index (χ0) is 16.1. The molecule has 1 saturated heterocycles. The van der Waals surface area contributed by atoms with Crippen molar-refractivity contribution in [2.24, 2.45) is 0 Å². The van der Waals surface area contributed by atoms with Crippen molar-refractivity contribution in [3.05, 3.63) is 71.8 Å². The molecule has 1 aliphatic rings. The molecule has 1 fully saturated rings. The highest BCUT2D eigenvalue weighted by Gasteiger charge is 2.41. The zero-order valence-corrected chi connectivity index (χ0v) is 13.0. The third-order valence-electron chi connectivity index (χ3n) is 4.21. The molecule has 2 aromatic rings. The number of aliphatic hydroxyl groups is 1. The van der Waals surface area contributed by atoms with Crippen LogP contribution in [0.2, 0.25) is 0 Å². The van der Waals surface area contributed by atoms with E-state index < -0.39 is 5.60 Å². The number of morpholine rings is 1. The third-order valence-corrected chi connectivity index (χ3v) is 4.21. The molecular formula is C19H21NO3. The van der Waals surface area contributed by atoms with Gasteiger partial charge in [-0.1, -0.05) is 60.7 Å². The normalized spacial score (nSPS) is 17.5. The number of hydrogen-bond acceptors (Lipinski definition) is 3. The van der Waals surface area contributed by atoms with Crippen molar-refractivity contribution < 1.29 is 14.6 Å². The van der Waals surface area contributed by atoms with Crippen molar-refractivity contribution in [3.8, 4) is 0 Å². The highest BCUT2D eigenvalue weighted by atomic mass is 16.5. The molecule has 1 aliphatic heterocycles. The lowest BCUT2D eigenvalue weighted by Gasteiger charge is -2.35. The first-order valence-electron chi connectivity index (χ1n) is 7.89.